The van der Waals surface area contributed by atoms with Gasteiger partial charge in [0.15, 0.2) is 0 Å². The zero-order valence-corrected chi connectivity index (χ0v) is 16.3. The highest BCUT2D eigenvalue weighted by atomic mass is 35.6. The molecule has 0 atom stereocenters. The third-order valence-corrected chi connectivity index (χ3v) is 6.33. The summed E-state index contributed by atoms with van der Waals surface area (Å²) in [6, 6.07) is 0. The number of hydrogen-bond acceptors (Lipinski definition) is 0. The van der Waals surface area contributed by atoms with Crippen LogP contribution in [0.4, 0.5) is 0 Å². The van der Waals surface area contributed by atoms with Crippen molar-refractivity contribution >= 4 is 104 Å². The van der Waals surface area contributed by atoms with Crippen molar-refractivity contribution in [2.75, 3.05) is 0 Å². The summed E-state index contributed by atoms with van der Waals surface area (Å²) < 4.78 is -8.56. The monoisotopic (exact) mass is 485 g/mol. The van der Waals surface area contributed by atoms with Crippen LogP contribution in [-0.4, -0.2) is 16.9 Å². The average Bonchev–Trinajstić information content (AvgIpc) is 1.81. The summed E-state index contributed by atoms with van der Waals surface area (Å²) in [5, 5.41) is 0. The van der Waals surface area contributed by atoms with E-state index in [1.54, 1.807) is 0 Å². The van der Waals surface area contributed by atoms with E-state index in [1.807, 2.05) is 0 Å². The molecule has 0 unspecified atom stereocenters. The molecule has 0 fully saturated rings. The van der Waals surface area contributed by atoms with Gasteiger partial charge < -0.3 is 43.0 Å². The average molecular weight is 491 g/mol. The van der Waals surface area contributed by atoms with Crippen LogP contribution in [0.25, 0.3) is 0 Å². The van der Waals surface area contributed by atoms with Gasteiger partial charge in [-0.1, -0.05) is 81.2 Å². The first-order valence-electron chi connectivity index (χ1n) is 2.80. The minimum absolute atomic E-state index is 0. The maximum Gasteiger partial charge on any atom is 0.283 e. The second-order valence-corrected chi connectivity index (χ2v) is 8.77. The van der Waals surface area contributed by atoms with Crippen molar-refractivity contribution in [3.8, 4) is 0 Å². The topological polar surface area (TPSA) is 27.6 Å². The van der Waals surface area contributed by atoms with E-state index in [4.69, 9.17) is 104 Å². The Morgan fingerprint density at radius 3 is 0.824 bits per heavy atom. The number of quaternary nitrogens is 1. The molecule has 0 radical (unpaired) electrons. The summed E-state index contributed by atoms with van der Waals surface area (Å²) in [5.74, 6) is 0. The summed E-state index contributed by atoms with van der Waals surface area (Å²) in [7, 11) is 0. The van der Waals surface area contributed by atoms with E-state index in [-0.39, 0.29) is 37.2 Å². The maximum absolute atomic E-state index is 5.71. The Kier molecular flexibility index (Phi) is 14.8. The van der Waals surface area contributed by atoms with Crippen LogP contribution in [0.15, 0.2) is 0 Å². The van der Waals surface area contributed by atoms with Gasteiger partial charge in [-0.05, 0) is 23.2 Å². The fraction of sp³-hybridized carbons (Fsp3) is 1.00. The molecule has 3 N–H and O–H groups in total. The van der Waals surface area contributed by atoms with Crippen molar-refractivity contribution in [3.63, 3.8) is 0 Å². The van der Waals surface area contributed by atoms with Crippen LogP contribution in [0.2, 0.25) is 0 Å². The minimum atomic E-state index is -2.24. The van der Waals surface area contributed by atoms with Gasteiger partial charge in [-0.2, -0.15) is 0 Å². The summed E-state index contributed by atoms with van der Waals surface area (Å²) in [5.41, 5.74) is 3.24. The predicted octanol–water partition coefficient (Wildman–Crippen LogP) is -4.91. The molecule has 0 aliphatic carbocycles. The van der Waals surface area contributed by atoms with E-state index < -0.39 is 16.9 Å². The Bertz CT molecular complexity index is 188. The first kappa shape index (κ1) is 28.6. The highest BCUT2D eigenvalue weighted by molar-refractivity contribution is 6.80. The first-order valence-corrected chi connectivity index (χ1v) is 6.21. The van der Waals surface area contributed by atoms with Gasteiger partial charge in [0.1, 0.15) is 0 Å². The van der Waals surface area contributed by atoms with Gasteiger partial charge >= 0.3 is 0 Å². The third kappa shape index (κ3) is 6.38. The Morgan fingerprint density at radius 1 is 0.529 bits per heavy atom. The summed E-state index contributed by atoms with van der Waals surface area (Å²) in [4.78, 5) is 0. The molecule has 0 heterocycles. The molecule has 0 aromatic rings. The smallest absolute Gasteiger partial charge is 0.283 e. The third-order valence-electron chi connectivity index (χ3n) is 1.21. The molecule has 13 heteroatoms. The fourth-order valence-corrected chi connectivity index (χ4v) is 2.21. The lowest BCUT2D eigenvalue weighted by Gasteiger charge is -2.39. The molecule has 0 bridgehead atoms. The van der Waals surface area contributed by atoms with Crippen LogP contribution in [0, 0.1) is 0 Å². The number of rotatable bonds is 2. The second kappa shape index (κ2) is 8.78. The van der Waals surface area contributed by atoms with Crippen LogP contribution in [0.1, 0.15) is 0 Å². The van der Waals surface area contributed by atoms with Gasteiger partial charge in [0.05, 0.1) is 0 Å². The van der Waals surface area contributed by atoms with Crippen LogP contribution in [0.3, 0.4) is 0 Å². The van der Waals surface area contributed by atoms with Crippen molar-refractivity contribution in [1.82, 2.24) is 0 Å². The molecule has 17 heavy (non-hydrogen) atoms. The van der Waals surface area contributed by atoms with Gasteiger partial charge in [-0.15, -0.1) is 0 Å². The largest absolute Gasteiger partial charge is 1.00 e. The van der Waals surface area contributed by atoms with Crippen LogP contribution < -0.4 is 43.0 Å². The quantitative estimate of drug-likeness (QED) is 0.297. The van der Waals surface area contributed by atoms with Crippen LogP contribution in [0.5, 0.6) is 0 Å². The van der Waals surface area contributed by atoms with Crippen LogP contribution >= 0.6 is 104 Å². The maximum atomic E-state index is 5.71. The standard InChI is InChI=1S/C4H2Cl9N.3ClH/c5-1(6,3(9,10)11)2(7,8)4(12,13)14;;;/h14H2;3*1H/p-2. The zero-order chi connectivity index (χ0) is 12.0. The van der Waals surface area contributed by atoms with Crippen molar-refractivity contribution in [2.24, 2.45) is 0 Å². The molecule has 0 aliphatic rings. The normalized spacial score (nSPS) is 13.1. The summed E-state index contributed by atoms with van der Waals surface area (Å²) in [6.45, 7) is 0. The van der Waals surface area contributed by atoms with Gasteiger partial charge in [0.2, 0.25) is 12.5 Å². The Balaban J connectivity index is -0.000000282. The van der Waals surface area contributed by atoms with Crippen LogP contribution in [-0.2, 0) is 0 Å². The van der Waals surface area contributed by atoms with Gasteiger partial charge in [0.25, 0.3) is 4.46 Å². The van der Waals surface area contributed by atoms with Gasteiger partial charge in [0, 0.05) is 0 Å². The first-order chi connectivity index (χ1) is 5.75. The number of alkyl halides is 9. The molecule has 1 nitrogen and oxygen atoms in total. The molecular weight excluding hydrogens is 487 g/mol. The SMILES string of the molecule is [Cl-].[Cl-].[Cl-].[NH3+]C(Cl)(Cl)C(Cl)(Cl)C(Cl)(Cl)C(Cl)(Cl)Cl. The van der Waals surface area contributed by atoms with E-state index in [2.05, 4.69) is 5.73 Å². The van der Waals surface area contributed by atoms with Crippen molar-refractivity contribution in [3.05, 3.63) is 0 Å². The molecule has 110 valence electrons. The predicted molar refractivity (Wildman–Crippen MR) is 66.5 cm³/mol. The summed E-state index contributed by atoms with van der Waals surface area (Å²) in [6.07, 6.45) is 0. The molecule has 0 amide bonds. The molecule has 0 spiro atoms. The Morgan fingerprint density at radius 2 is 0.765 bits per heavy atom. The molecule has 0 rings (SSSR count). The van der Waals surface area contributed by atoms with E-state index in [0.717, 1.165) is 0 Å². The lowest BCUT2D eigenvalue weighted by atomic mass is 10.3. The Labute approximate surface area is 162 Å². The lowest BCUT2D eigenvalue weighted by molar-refractivity contribution is -0.414. The van der Waals surface area contributed by atoms with Crippen molar-refractivity contribution in [1.29, 1.82) is 0 Å². The summed E-state index contributed by atoms with van der Waals surface area (Å²) >= 11 is 50.3. The second-order valence-electron chi connectivity index (χ2n) is 2.35. The molecule has 0 saturated carbocycles. The minimum Gasteiger partial charge on any atom is -1.00 e. The van der Waals surface area contributed by atoms with Gasteiger partial charge in [-0.25, -0.2) is 0 Å². The highest BCUT2D eigenvalue weighted by Gasteiger charge is 2.69. The van der Waals surface area contributed by atoms with E-state index in [1.165, 1.54) is 0 Å². The molecule has 0 aromatic heterocycles. The number of halogens is 12. The molecule has 0 aromatic carbocycles. The zero-order valence-electron chi connectivity index (χ0n) is 7.24. The Hall–Kier alpha value is 3.44. The van der Waals surface area contributed by atoms with Crippen molar-refractivity contribution in [2.45, 2.75) is 16.9 Å². The fourth-order valence-electron chi connectivity index (χ4n) is 0.408. The van der Waals surface area contributed by atoms with E-state index in [0.29, 0.717) is 0 Å². The molecule has 0 aliphatic heterocycles. The lowest BCUT2D eigenvalue weighted by Crippen LogP contribution is -3.00. The highest BCUT2D eigenvalue weighted by Crippen LogP contribution is 2.60. The van der Waals surface area contributed by atoms with E-state index >= 15 is 0 Å². The van der Waals surface area contributed by atoms with E-state index in [9.17, 15) is 0 Å². The van der Waals surface area contributed by atoms with Crippen molar-refractivity contribution < 1.29 is 43.0 Å². The van der Waals surface area contributed by atoms with Gasteiger partial charge in [-0.3, -0.25) is 0 Å². The molecule has 0 saturated heterocycles. The molecular formula is C4H3Cl12N-2. The number of hydrogen-bond donors (Lipinski definition) is 1.